The second-order valence-corrected chi connectivity index (χ2v) is 7.74. The van der Waals surface area contributed by atoms with Crippen molar-refractivity contribution in [2.75, 3.05) is 38.0 Å². The van der Waals surface area contributed by atoms with E-state index in [9.17, 15) is 19.7 Å². The van der Waals surface area contributed by atoms with Gasteiger partial charge in [0.2, 0.25) is 5.91 Å². The van der Waals surface area contributed by atoms with E-state index in [2.05, 4.69) is 10.3 Å². The number of para-hydroxylation sites is 1. The van der Waals surface area contributed by atoms with Gasteiger partial charge in [-0.15, -0.1) is 0 Å². The maximum atomic E-state index is 12.8. The van der Waals surface area contributed by atoms with E-state index in [1.54, 1.807) is 4.90 Å². The predicted molar refractivity (Wildman–Crippen MR) is 117 cm³/mol. The molecule has 2 aromatic carbocycles. The highest BCUT2D eigenvalue weighted by molar-refractivity contribution is 6.31. The maximum Gasteiger partial charge on any atom is 0.294 e. The Bertz CT molecular complexity index is 1120. The van der Waals surface area contributed by atoms with Gasteiger partial charge in [0.1, 0.15) is 11.4 Å². The third kappa shape index (κ3) is 4.68. The van der Waals surface area contributed by atoms with Gasteiger partial charge in [0.05, 0.1) is 11.5 Å². The lowest BCUT2D eigenvalue weighted by Crippen LogP contribution is -2.50. The Labute approximate surface area is 182 Å². The molecule has 0 atom stereocenters. The van der Waals surface area contributed by atoms with Gasteiger partial charge in [-0.2, -0.15) is 0 Å². The topological polar surface area (TPSA) is 112 Å². The van der Waals surface area contributed by atoms with Crippen LogP contribution in [-0.4, -0.2) is 64.2 Å². The molecule has 1 fully saturated rings. The highest BCUT2D eigenvalue weighted by Crippen LogP contribution is 2.27. The molecule has 10 heteroatoms. The van der Waals surface area contributed by atoms with Crippen LogP contribution in [0.5, 0.6) is 0 Å². The number of benzene rings is 2. The molecule has 1 aliphatic heterocycles. The van der Waals surface area contributed by atoms with Crippen molar-refractivity contribution in [2.24, 2.45) is 0 Å². The molecule has 0 unspecified atom stereocenters. The molecule has 3 aromatic rings. The quantitative estimate of drug-likeness (QED) is 0.466. The summed E-state index contributed by atoms with van der Waals surface area (Å²) in [6.07, 6.45) is 0. The largest absolute Gasteiger partial charge is 0.351 e. The predicted octanol–water partition coefficient (Wildman–Crippen LogP) is 3.13. The minimum atomic E-state index is -0.587. The summed E-state index contributed by atoms with van der Waals surface area (Å²) in [6, 6.07) is 13.6. The number of nitrogens with one attached hydrogen (secondary N) is 2. The van der Waals surface area contributed by atoms with Crippen molar-refractivity contribution in [1.82, 2.24) is 14.8 Å². The molecular weight excluding hydrogens is 422 g/mol. The molecule has 0 aliphatic carbocycles. The number of aromatic nitrogens is 1. The van der Waals surface area contributed by atoms with E-state index in [0.717, 1.165) is 10.9 Å². The molecule has 1 aromatic heterocycles. The number of H-pyrrole nitrogens is 1. The summed E-state index contributed by atoms with van der Waals surface area (Å²) in [5.41, 5.74) is 1.31. The summed E-state index contributed by atoms with van der Waals surface area (Å²) in [6.45, 7) is 2.11. The van der Waals surface area contributed by atoms with E-state index >= 15 is 0 Å². The number of piperazine rings is 1. The third-order valence-electron chi connectivity index (χ3n) is 5.22. The van der Waals surface area contributed by atoms with Gasteiger partial charge in [-0.05, 0) is 24.3 Å². The number of carbonyl (C=O) groups is 2. The standard InChI is InChI=1S/C21H20ClN5O4/c22-15-5-6-17(19(12-15)27(30)31)24-20(28)13-25-7-9-26(10-8-25)21(29)18-11-14-3-1-2-4-16(14)23-18/h1-6,11-12,23H,7-10,13H2,(H,24,28). The van der Waals surface area contributed by atoms with E-state index in [1.165, 1.54) is 18.2 Å². The molecule has 31 heavy (non-hydrogen) atoms. The average Bonchev–Trinajstić information content (AvgIpc) is 3.19. The molecule has 1 saturated heterocycles. The Balaban J connectivity index is 1.32. The van der Waals surface area contributed by atoms with E-state index in [4.69, 9.17) is 11.6 Å². The molecule has 4 rings (SSSR count). The number of carbonyl (C=O) groups excluding carboxylic acids is 2. The first-order valence-electron chi connectivity index (χ1n) is 9.74. The lowest BCUT2D eigenvalue weighted by molar-refractivity contribution is -0.383. The van der Waals surface area contributed by atoms with Crippen LogP contribution < -0.4 is 5.32 Å². The molecule has 2 N–H and O–H groups in total. The monoisotopic (exact) mass is 441 g/mol. The minimum absolute atomic E-state index is 0.0721. The molecule has 0 saturated carbocycles. The van der Waals surface area contributed by atoms with Crippen molar-refractivity contribution in [3.8, 4) is 0 Å². The molecule has 0 radical (unpaired) electrons. The maximum absolute atomic E-state index is 12.8. The minimum Gasteiger partial charge on any atom is -0.351 e. The Kier molecular flexibility index (Phi) is 5.88. The Morgan fingerprint density at radius 3 is 2.55 bits per heavy atom. The first kappa shape index (κ1) is 20.8. The van der Waals surface area contributed by atoms with Gasteiger partial charge in [0, 0.05) is 48.2 Å². The van der Waals surface area contributed by atoms with Crippen LogP contribution in [0.3, 0.4) is 0 Å². The molecule has 1 aliphatic rings. The lowest BCUT2D eigenvalue weighted by Gasteiger charge is -2.34. The molecule has 9 nitrogen and oxygen atoms in total. The first-order valence-corrected chi connectivity index (χ1v) is 10.1. The number of nitro groups is 1. The van der Waals surface area contributed by atoms with Crippen LogP contribution in [0, 0.1) is 10.1 Å². The number of hydrogen-bond acceptors (Lipinski definition) is 5. The van der Waals surface area contributed by atoms with Gasteiger partial charge in [0.15, 0.2) is 0 Å². The fourth-order valence-electron chi connectivity index (χ4n) is 3.62. The zero-order valence-corrected chi connectivity index (χ0v) is 17.3. The fourth-order valence-corrected chi connectivity index (χ4v) is 3.79. The normalized spacial score (nSPS) is 14.5. The van der Waals surface area contributed by atoms with Crippen LogP contribution in [-0.2, 0) is 4.79 Å². The van der Waals surface area contributed by atoms with Crippen molar-refractivity contribution in [3.63, 3.8) is 0 Å². The van der Waals surface area contributed by atoms with Gasteiger partial charge in [-0.3, -0.25) is 24.6 Å². The molecule has 2 heterocycles. The number of halogens is 1. The average molecular weight is 442 g/mol. The number of hydrogen-bond donors (Lipinski definition) is 2. The number of nitrogens with zero attached hydrogens (tertiary/aromatic N) is 3. The zero-order chi connectivity index (χ0) is 22.0. The molecule has 0 bridgehead atoms. The summed E-state index contributed by atoms with van der Waals surface area (Å²) in [4.78, 5) is 42.6. The van der Waals surface area contributed by atoms with Crippen LogP contribution in [0.4, 0.5) is 11.4 Å². The van der Waals surface area contributed by atoms with Crippen LogP contribution >= 0.6 is 11.6 Å². The highest BCUT2D eigenvalue weighted by Gasteiger charge is 2.25. The summed E-state index contributed by atoms with van der Waals surface area (Å²) < 4.78 is 0. The number of nitro benzene ring substituents is 1. The van der Waals surface area contributed by atoms with Crippen LogP contribution in [0.2, 0.25) is 5.02 Å². The van der Waals surface area contributed by atoms with Gasteiger partial charge in [-0.25, -0.2) is 0 Å². The van der Waals surface area contributed by atoms with Crippen LogP contribution in [0.25, 0.3) is 10.9 Å². The number of aromatic amines is 1. The van der Waals surface area contributed by atoms with Crippen molar-refractivity contribution >= 4 is 45.7 Å². The van der Waals surface area contributed by atoms with Gasteiger partial charge < -0.3 is 15.2 Å². The van der Waals surface area contributed by atoms with Crippen molar-refractivity contribution in [2.45, 2.75) is 0 Å². The van der Waals surface area contributed by atoms with E-state index in [1.807, 2.05) is 35.2 Å². The second kappa shape index (κ2) is 8.75. The zero-order valence-electron chi connectivity index (χ0n) is 16.5. The third-order valence-corrected chi connectivity index (χ3v) is 5.45. The number of amides is 2. The first-order chi connectivity index (χ1) is 14.9. The lowest BCUT2D eigenvalue weighted by atomic mass is 10.2. The van der Waals surface area contributed by atoms with Crippen molar-refractivity contribution < 1.29 is 14.5 Å². The Morgan fingerprint density at radius 1 is 1.10 bits per heavy atom. The van der Waals surface area contributed by atoms with Gasteiger partial charge in [-0.1, -0.05) is 29.8 Å². The number of fused-ring (bicyclic) bond motifs is 1. The molecule has 2 amide bonds. The van der Waals surface area contributed by atoms with Gasteiger partial charge in [0.25, 0.3) is 11.6 Å². The van der Waals surface area contributed by atoms with Crippen LogP contribution in [0.15, 0.2) is 48.5 Å². The number of rotatable bonds is 5. The Morgan fingerprint density at radius 2 is 1.84 bits per heavy atom. The smallest absolute Gasteiger partial charge is 0.294 e. The van der Waals surface area contributed by atoms with Gasteiger partial charge >= 0.3 is 0 Å². The SMILES string of the molecule is O=C(CN1CCN(C(=O)c2cc3ccccc3[nH]2)CC1)Nc1ccc(Cl)cc1[N+](=O)[O-]. The number of anilines is 1. The summed E-state index contributed by atoms with van der Waals surface area (Å²) in [5, 5.41) is 14.9. The summed E-state index contributed by atoms with van der Waals surface area (Å²) >= 11 is 5.80. The van der Waals surface area contributed by atoms with Crippen molar-refractivity contribution in [1.29, 1.82) is 0 Å². The Hall–Kier alpha value is -3.43. The van der Waals surface area contributed by atoms with Crippen LogP contribution in [0.1, 0.15) is 10.5 Å². The van der Waals surface area contributed by atoms with Crippen molar-refractivity contribution in [3.05, 3.63) is 69.4 Å². The van der Waals surface area contributed by atoms with E-state index < -0.39 is 4.92 Å². The highest BCUT2D eigenvalue weighted by atomic mass is 35.5. The molecule has 160 valence electrons. The molecule has 0 spiro atoms. The fraction of sp³-hybridized carbons (Fsp3) is 0.238. The van der Waals surface area contributed by atoms with E-state index in [-0.39, 0.29) is 34.8 Å². The second-order valence-electron chi connectivity index (χ2n) is 7.31. The molecular formula is C21H20ClN5O4. The summed E-state index contributed by atoms with van der Waals surface area (Å²) in [7, 11) is 0. The summed E-state index contributed by atoms with van der Waals surface area (Å²) in [5.74, 6) is -0.432. The van der Waals surface area contributed by atoms with E-state index in [0.29, 0.717) is 31.9 Å².